The first-order valence-corrected chi connectivity index (χ1v) is 15.2. The van der Waals surface area contributed by atoms with Crippen molar-refractivity contribution < 1.29 is 9.90 Å². The smallest absolute Gasteiger partial charge is 0.303 e. The number of nitrogens with zero attached hydrogens (tertiary/aromatic N) is 4. The normalized spacial score (nSPS) is 19.1. The van der Waals surface area contributed by atoms with Gasteiger partial charge in [0, 0.05) is 28.1 Å². The van der Waals surface area contributed by atoms with E-state index < -0.39 is 5.91 Å². The molecule has 6 rings (SSSR count). The van der Waals surface area contributed by atoms with Gasteiger partial charge in [0.15, 0.2) is 5.69 Å². The van der Waals surface area contributed by atoms with Gasteiger partial charge in [-0.1, -0.05) is 80.6 Å². The Bertz CT molecular complexity index is 1400. The lowest BCUT2D eigenvalue weighted by Gasteiger charge is -2.42. The van der Waals surface area contributed by atoms with Crippen LogP contribution in [0.25, 0.3) is 10.9 Å². The maximum atomic E-state index is 13.2. The van der Waals surface area contributed by atoms with Crippen molar-refractivity contribution in [3.8, 4) is 5.88 Å². The summed E-state index contributed by atoms with van der Waals surface area (Å²) in [6.45, 7) is 2.51. The molecular formula is C31H37N5O2S. The summed E-state index contributed by atoms with van der Waals surface area (Å²) in [5, 5.41) is 24.1. The van der Waals surface area contributed by atoms with E-state index in [9.17, 15) is 9.90 Å². The molecule has 2 aromatic carbocycles. The number of aromatic hydroxyl groups is 1. The number of hydrogen-bond acceptors (Lipinski definition) is 6. The van der Waals surface area contributed by atoms with Crippen molar-refractivity contribution in [3.05, 3.63) is 59.1 Å². The zero-order chi connectivity index (χ0) is 26.8. The number of carbonyl (C=O) groups is 1. The van der Waals surface area contributed by atoms with Crippen molar-refractivity contribution >= 4 is 39.9 Å². The van der Waals surface area contributed by atoms with Crippen molar-refractivity contribution in [3.63, 3.8) is 0 Å². The van der Waals surface area contributed by atoms with Crippen LogP contribution < -0.4 is 5.32 Å². The Morgan fingerprint density at radius 2 is 1.62 bits per heavy atom. The van der Waals surface area contributed by atoms with Gasteiger partial charge in [-0.05, 0) is 50.8 Å². The molecular weight excluding hydrogens is 506 g/mol. The number of amides is 1. The summed E-state index contributed by atoms with van der Waals surface area (Å²) in [7, 11) is 0. The average Bonchev–Trinajstić information content (AvgIpc) is 3.25. The van der Waals surface area contributed by atoms with Crippen LogP contribution in [-0.4, -0.2) is 32.6 Å². The molecule has 2 saturated carbocycles. The molecule has 2 aliphatic carbocycles. The number of hydrogen-bond donors (Lipinski definition) is 2. The number of benzene rings is 2. The van der Waals surface area contributed by atoms with Crippen LogP contribution in [-0.2, 0) is 11.5 Å². The molecule has 2 fully saturated rings. The zero-order valence-electron chi connectivity index (χ0n) is 22.6. The second-order valence-corrected chi connectivity index (χ2v) is 12.1. The number of fused-ring (bicyclic) bond motifs is 2. The molecule has 2 N–H and O–H groups in total. The van der Waals surface area contributed by atoms with E-state index in [2.05, 4.69) is 20.4 Å². The van der Waals surface area contributed by atoms with E-state index in [0.717, 1.165) is 27.2 Å². The third-order valence-corrected chi connectivity index (χ3v) is 9.77. The summed E-state index contributed by atoms with van der Waals surface area (Å²) < 4.78 is 1.98. The fourth-order valence-corrected chi connectivity index (χ4v) is 7.41. The SMILES string of the molecule is CC1=C(C(=O)N=Nc2c(O)n(CN(C3CCCCC3)C3CCCCC3)c3ccccc23)Sc2ccccc2N1. The fraction of sp³-hybridized carbons (Fsp3) is 0.452. The minimum absolute atomic E-state index is 0.0786. The predicted molar refractivity (Wildman–Crippen MR) is 157 cm³/mol. The van der Waals surface area contributed by atoms with Crippen LogP contribution in [0, 0.1) is 0 Å². The number of aromatic nitrogens is 1. The van der Waals surface area contributed by atoms with Gasteiger partial charge in [-0.15, -0.1) is 10.2 Å². The standard InChI is InChI=1S/C31H37N5O2S/c1-21-29(39-27-19-11-9-17-25(27)32-21)30(37)34-33-28-24-16-8-10-18-26(24)36(31(28)38)20-35(22-12-4-2-5-13-22)23-14-6-3-7-15-23/h8-11,16-19,22-23,32,38H,2-7,12-15,20H2,1H3. The van der Waals surface area contributed by atoms with E-state index in [-0.39, 0.29) is 5.88 Å². The third kappa shape index (κ3) is 5.37. The van der Waals surface area contributed by atoms with Crippen molar-refractivity contribution in [2.45, 2.75) is 94.8 Å². The first-order chi connectivity index (χ1) is 19.1. The highest BCUT2D eigenvalue weighted by atomic mass is 32.2. The lowest BCUT2D eigenvalue weighted by molar-refractivity contribution is -0.114. The Labute approximate surface area is 234 Å². The molecule has 1 aromatic heterocycles. The third-order valence-electron chi connectivity index (χ3n) is 8.51. The molecule has 0 bridgehead atoms. The Kier molecular flexibility index (Phi) is 7.75. The molecule has 8 heteroatoms. The predicted octanol–water partition coefficient (Wildman–Crippen LogP) is 8.33. The second-order valence-electron chi connectivity index (χ2n) is 11.0. The Morgan fingerprint density at radius 3 is 2.33 bits per heavy atom. The molecule has 0 saturated heterocycles. The molecule has 2 heterocycles. The van der Waals surface area contributed by atoms with Gasteiger partial charge in [0.05, 0.1) is 17.9 Å². The Balaban J connectivity index is 1.30. The van der Waals surface area contributed by atoms with E-state index in [4.69, 9.17) is 0 Å². The van der Waals surface area contributed by atoms with Crippen LogP contribution in [0.2, 0.25) is 0 Å². The highest BCUT2D eigenvalue weighted by molar-refractivity contribution is 8.04. The quantitative estimate of drug-likeness (QED) is 0.305. The average molecular weight is 544 g/mol. The number of allylic oxidation sites excluding steroid dienone is 1. The summed E-state index contributed by atoms with van der Waals surface area (Å²) in [4.78, 5) is 17.3. The summed E-state index contributed by atoms with van der Waals surface area (Å²) in [5.41, 5.74) is 3.02. The number of nitrogens with one attached hydrogen (secondary N) is 1. The number of para-hydroxylation sites is 2. The van der Waals surface area contributed by atoms with Crippen LogP contribution in [0.3, 0.4) is 0 Å². The maximum Gasteiger partial charge on any atom is 0.303 e. The number of anilines is 1. The summed E-state index contributed by atoms with van der Waals surface area (Å²) >= 11 is 1.40. The van der Waals surface area contributed by atoms with Crippen molar-refractivity contribution in [2.75, 3.05) is 5.32 Å². The van der Waals surface area contributed by atoms with E-state index in [1.807, 2.05) is 60.0 Å². The molecule has 0 atom stereocenters. The molecule has 1 amide bonds. The van der Waals surface area contributed by atoms with Crippen LogP contribution in [0.5, 0.6) is 5.88 Å². The van der Waals surface area contributed by atoms with Crippen molar-refractivity contribution in [1.29, 1.82) is 0 Å². The Hall–Kier alpha value is -3.10. The molecule has 3 aliphatic rings. The van der Waals surface area contributed by atoms with Gasteiger partial charge in [0.25, 0.3) is 0 Å². The van der Waals surface area contributed by atoms with Gasteiger partial charge in [-0.2, -0.15) is 0 Å². The van der Waals surface area contributed by atoms with Crippen LogP contribution >= 0.6 is 11.8 Å². The van der Waals surface area contributed by atoms with Crippen LogP contribution in [0.1, 0.15) is 71.1 Å². The molecule has 0 radical (unpaired) electrons. The first kappa shape index (κ1) is 26.1. The Morgan fingerprint density at radius 1 is 0.974 bits per heavy atom. The van der Waals surface area contributed by atoms with E-state index in [1.165, 1.54) is 76.0 Å². The second kappa shape index (κ2) is 11.6. The fourth-order valence-electron chi connectivity index (χ4n) is 6.48. The van der Waals surface area contributed by atoms with Gasteiger partial charge >= 0.3 is 5.91 Å². The molecule has 1 aliphatic heterocycles. The van der Waals surface area contributed by atoms with E-state index >= 15 is 0 Å². The molecule has 39 heavy (non-hydrogen) atoms. The molecule has 204 valence electrons. The van der Waals surface area contributed by atoms with E-state index in [0.29, 0.717) is 29.3 Å². The zero-order valence-corrected chi connectivity index (χ0v) is 23.4. The number of thioether (sulfide) groups is 1. The van der Waals surface area contributed by atoms with Crippen LogP contribution in [0.4, 0.5) is 11.4 Å². The molecule has 0 unspecified atom stereocenters. The molecule has 7 nitrogen and oxygen atoms in total. The highest BCUT2D eigenvalue weighted by Crippen LogP contribution is 2.42. The maximum absolute atomic E-state index is 13.2. The first-order valence-electron chi connectivity index (χ1n) is 14.4. The van der Waals surface area contributed by atoms with E-state index in [1.54, 1.807) is 0 Å². The topological polar surface area (TPSA) is 82.2 Å². The minimum Gasteiger partial charge on any atom is -0.493 e. The number of azo groups is 1. The summed E-state index contributed by atoms with van der Waals surface area (Å²) in [5.74, 6) is -0.336. The van der Waals surface area contributed by atoms with Gasteiger partial charge < -0.3 is 10.4 Å². The summed E-state index contributed by atoms with van der Waals surface area (Å²) in [6.07, 6.45) is 12.6. The highest BCUT2D eigenvalue weighted by Gasteiger charge is 2.31. The van der Waals surface area contributed by atoms with Crippen molar-refractivity contribution in [2.24, 2.45) is 10.2 Å². The molecule has 0 spiro atoms. The molecule has 3 aromatic rings. The van der Waals surface area contributed by atoms with Crippen molar-refractivity contribution in [1.82, 2.24) is 9.47 Å². The number of rotatable bonds is 6. The minimum atomic E-state index is -0.415. The lowest BCUT2D eigenvalue weighted by atomic mass is 9.89. The largest absolute Gasteiger partial charge is 0.493 e. The monoisotopic (exact) mass is 543 g/mol. The number of carbonyl (C=O) groups excluding carboxylic acids is 1. The van der Waals surface area contributed by atoms with Gasteiger partial charge in [0.1, 0.15) is 4.91 Å². The van der Waals surface area contributed by atoms with Gasteiger partial charge in [-0.3, -0.25) is 14.3 Å². The van der Waals surface area contributed by atoms with Gasteiger partial charge in [-0.25, -0.2) is 0 Å². The summed E-state index contributed by atoms with van der Waals surface area (Å²) in [6, 6.07) is 16.9. The lowest BCUT2D eigenvalue weighted by Crippen LogP contribution is -2.45. The van der Waals surface area contributed by atoms with Gasteiger partial charge in [0.2, 0.25) is 5.88 Å². The van der Waals surface area contributed by atoms with Crippen LogP contribution in [0.15, 0.2) is 74.3 Å².